The van der Waals surface area contributed by atoms with E-state index in [1.165, 1.54) is 0 Å². The second-order valence-corrected chi connectivity index (χ2v) is 8.73. The van der Waals surface area contributed by atoms with Gasteiger partial charge >= 0.3 is 5.97 Å². The average molecular weight is 417 g/mol. The zero-order valence-corrected chi connectivity index (χ0v) is 15.8. The van der Waals surface area contributed by atoms with Crippen molar-refractivity contribution in [1.29, 1.82) is 0 Å². The molecule has 4 nitrogen and oxygen atoms in total. The number of thiophene rings is 1. The van der Waals surface area contributed by atoms with Gasteiger partial charge in [-0.1, -0.05) is 18.2 Å². The lowest BCUT2D eigenvalue weighted by Crippen LogP contribution is -2.39. The number of pyridine rings is 1. The summed E-state index contributed by atoms with van der Waals surface area (Å²) in [5.74, 6) is -0.744. The molecule has 3 heterocycles. The highest BCUT2D eigenvalue weighted by molar-refractivity contribution is 9.11. The van der Waals surface area contributed by atoms with E-state index in [4.69, 9.17) is 0 Å². The van der Waals surface area contributed by atoms with Crippen LogP contribution in [0.2, 0.25) is 0 Å². The number of carboxylic acid groups (broad SMARTS) is 1. The van der Waals surface area contributed by atoms with Crippen LogP contribution in [0.15, 0.2) is 52.4 Å². The van der Waals surface area contributed by atoms with Crippen LogP contribution in [0.3, 0.4) is 0 Å². The van der Waals surface area contributed by atoms with Gasteiger partial charge in [0.25, 0.3) is 0 Å². The summed E-state index contributed by atoms with van der Waals surface area (Å²) < 4.78 is 1.05. The van der Waals surface area contributed by atoms with Crippen LogP contribution in [-0.2, 0) is 4.79 Å². The van der Waals surface area contributed by atoms with E-state index in [0.717, 1.165) is 38.1 Å². The Balaban J connectivity index is 1.83. The summed E-state index contributed by atoms with van der Waals surface area (Å²) in [7, 11) is 0. The summed E-state index contributed by atoms with van der Waals surface area (Å²) in [5.41, 5.74) is 2.00. The molecule has 0 bridgehead atoms. The Morgan fingerprint density at radius 2 is 2.16 bits per heavy atom. The third-order valence-corrected chi connectivity index (χ3v) is 6.38. The largest absolute Gasteiger partial charge is 0.480 e. The number of carbonyl (C=O) groups is 1. The van der Waals surface area contributed by atoms with Crippen molar-refractivity contribution >= 4 is 44.1 Å². The van der Waals surface area contributed by atoms with Gasteiger partial charge in [0, 0.05) is 23.0 Å². The minimum atomic E-state index is -0.744. The Labute approximate surface area is 158 Å². The number of aromatic nitrogens is 1. The predicted octanol–water partition coefficient (Wildman–Crippen LogP) is 4.70. The highest BCUT2D eigenvalue weighted by atomic mass is 79.9. The fourth-order valence-corrected chi connectivity index (χ4v) is 5.17. The molecule has 1 fully saturated rings. The third-order valence-electron chi connectivity index (χ3n) is 4.70. The lowest BCUT2D eigenvalue weighted by atomic mass is 10.0. The number of carboxylic acids is 1. The summed E-state index contributed by atoms with van der Waals surface area (Å²) in [6.07, 6.45) is 3.48. The van der Waals surface area contributed by atoms with Crippen LogP contribution < -0.4 is 0 Å². The van der Waals surface area contributed by atoms with Gasteiger partial charge in [-0.3, -0.25) is 14.7 Å². The summed E-state index contributed by atoms with van der Waals surface area (Å²) in [4.78, 5) is 19.6. The van der Waals surface area contributed by atoms with Gasteiger partial charge in [0.1, 0.15) is 6.04 Å². The number of para-hydroxylation sites is 1. The number of halogens is 1. The van der Waals surface area contributed by atoms with Crippen LogP contribution in [0.5, 0.6) is 0 Å². The first-order chi connectivity index (χ1) is 12.1. The number of rotatable bonds is 4. The van der Waals surface area contributed by atoms with Crippen molar-refractivity contribution in [2.75, 3.05) is 6.54 Å². The van der Waals surface area contributed by atoms with Gasteiger partial charge in [-0.15, -0.1) is 11.3 Å². The van der Waals surface area contributed by atoms with Gasteiger partial charge in [0.05, 0.1) is 15.3 Å². The summed E-state index contributed by atoms with van der Waals surface area (Å²) in [6.45, 7) is 0.782. The molecule has 1 saturated heterocycles. The summed E-state index contributed by atoms with van der Waals surface area (Å²) in [5, 5.41) is 10.7. The van der Waals surface area contributed by atoms with Crippen molar-refractivity contribution in [3.8, 4) is 0 Å². The van der Waals surface area contributed by atoms with Crippen LogP contribution in [-0.4, -0.2) is 33.5 Å². The molecule has 2 atom stereocenters. The van der Waals surface area contributed by atoms with Gasteiger partial charge in [0.2, 0.25) is 0 Å². The van der Waals surface area contributed by atoms with E-state index in [-0.39, 0.29) is 6.04 Å². The van der Waals surface area contributed by atoms with E-state index in [9.17, 15) is 9.90 Å². The minimum absolute atomic E-state index is 0.0861. The number of likely N-dealkylation sites (tertiary alicyclic amines) is 1. The normalized spacial score (nSPS) is 19.3. The summed E-state index contributed by atoms with van der Waals surface area (Å²) >= 11 is 5.18. The molecular formula is C19H17BrN2O2S. The first-order valence-corrected chi connectivity index (χ1v) is 9.83. The molecule has 0 aliphatic carbocycles. The molecule has 3 aromatic rings. The molecule has 1 aliphatic rings. The van der Waals surface area contributed by atoms with Crippen LogP contribution in [0.25, 0.3) is 10.9 Å². The van der Waals surface area contributed by atoms with Crippen LogP contribution in [0.4, 0.5) is 0 Å². The number of nitrogens with zero attached hydrogens (tertiary/aromatic N) is 2. The van der Waals surface area contributed by atoms with Crippen LogP contribution in [0.1, 0.15) is 29.3 Å². The minimum Gasteiger partial charge on any atom is -0.480 e. The number of fused-ring (bicyclic) bond motifs is 1. The summed E-state index contributed by atoms with van der Waals surface area (Å²) in [6, 6.07) is 13.7. The van der Waals surface area contributed by atoms with Gasteiger partial charge in [-0.05, 0) is 58.6 Å². The van der Waals surface area contributed by atoms with E-state index < -0.39 is 12.0 Å². The molecule has 1 aromatic carbocycles. The zero-order chi connectivity index (χ0) is 17.4. The van der Waals surface area contributed by atoms with Crippen molar-refractivity contribution in [2.45, 2.75) is 24.9 Å². The van der Waals surface area contributed by atoms with Crippen molar-refractivity contribution in [2.24, 2.45) is 0 Å². The maximum Gasteiger partial charge on any atom is 0.320 e. The van der Waals surface area contributed by atoms with Gasteiger partial charge in [-0.2, -0.15) is 0 Å². The monoisotopic (exact) mass is 416 g/mol. The van der Waals surface area contributed by atoms with E-state index in [2.05, 4.69) is 37.9 Å². The first-order valence-electron chi connectivity index (χ1n) is 8.22. The molecular weight excluding hydrogens is 400 g/mol. The molecule has 0 saturated carbocycles. The van der Waals surface area contributed by atoms with Gasteiger partial charge in [0.15, 0.2) is 0 Å². The maximum atomic E-state index is 11.7. The molecule has 25 heavy (non-hydrogen) atoms. The van der Waals surface area contributed by atoms with Crippen molar-refractivity contribution in [3.63, 3.8) is 0 Å². The topological polar surface area (TPSA) is 53.4 Å². The standard InChI is InChI=1S/C19H17BrN2O2S/c20-17-8-7-16(25-17)18(22-9-3-6-15(22)19(23)24)13-10-12-4-1-2-5-14(12)21-11-13/h1-2,4-5,7-8,10-11,15,18H,3,6,9H2,(H,23,24). The van der Waals surface area contributed by atoms with E-state index in [0.29, 0.717) is 6.42 Å². The molecule has 128 valence electrons. The van der Waals surface area contributed by atoms with Gasteiger partial charge < -0.3 is 5.11 Å². The highest BCUT2D eigenvalue weighted by Crippen LogP contribution is 2.39. The third kappa shape index (κ3) is 3.21. The smallest absolute Gasteiger partial charge is 0.320 e. The average Bonchev–Trinajstić information content (AvgIpc) is 3.25. The predicted molar refractivity (Wildman–Crippen MR) is 103 cm³/mol. The number of aliphatic carboxylic acids is 1. The molecule has 1 N–H and O–H groups in total. The van der Waals surface area contributed by atoms with Crippen molar-refractivity contribution in [3.05, 3.63) is 62.9 Å². The Hall–Kier alpha value is -1.76. The number of hydrogen-bond acceptors (Lipinski definition) is 4. The number of hydrogen-bond donors (Lipinski definition) is 1. The Bertz CT molecular complexity index is 926. The zero-order valence-electron chi connectivity index (χ0n) is 13.4. The lowest BCUT2D eigenvalue weighted by molar-refractivity contribution is -0.142. The molecule has 0 spiro atoms. The molecule has 4 rings (SSSR count). The second-order valence-electron chi connectivity index (χ2n) is 6.24. The molecule has 6 heteroatoms. The Morgan fingerprint density at radius 1 is 1.32 bits per heavy atom. The molecule has 1 aliphatic heterocycles. The van der Waals surface area contributed by atoms with E-state index in [1.807, 2.05) is 36.5 Å². The molecule has 0 amide bonds. The van der Waals surface area contributed by atoms with Crippen molar-refractivity contribution < 1.29 is 9.90 Å². The fraction of sp³-hybridized carbons (Fsp3) is 0.263. The second kappa shape index (κ2) is 6.86. The van der Waals surface area contributed by atoms with E-state index in [1.54, 1.807) is 11.3 Å². The number of benzene rings is 1. The van der Waals surface area contributed by atoms with Crippen molar-refractivity contribution in [1.82, 2.24) is 9.88 Å². The molecule has 2 unspecified atom stereocenters. The van der Waals surface area contributed by atoms with Gasteiger partial charge in [-0.25, -0.2) is 0 Å². The van der Waals surface area contributed by atoms with E-state index >= 15 is 0 Å². The quantitative estimate of drug-likeness (QED) is 0.669. The Kier molecular flexibility index (Phi) is 4.58. The Morgan fingerprint density at radius 3 is 2.92 bits per heavy atom. The molecule has 0 radical (unpaired) electrons. The molecule has 2 aromatic heterocycles. The SMILES string of the molecule is O=C(O)C1CCCN1C(c1cnc2ccccc2c1)c1ccc(Br)s1. The fourth-order valence-electron chi connectivity index (χ4n) is 3.60. The highest BCUT2D eigenvalue weighted by Gasteiger charge is 2.37. The lowest BCUT2D eigenvalue weighted by Gasteiger charge is -2.30. The van der Waals surface area contributed by atoms with Crippen LogP contribution in [0, 0.1) is 0 Å². The maximum absolute atomic E-state index is 11.7. The first kappa shape index (κ1) is 16.7. The van der Waals surface area contributed by atoms with Crippen LogP contribution >= 0.6 is 27.3 Å².